The van der Waals surface area contributed by atoms with E-state index in [0.29, 0.717) is 36.7 Å². The van der Waals surface area contributed by atoms with Crippen LogP contribution in [-0.4, -0.2) is 46.3 Å². The quantitative estimate of drug-likeness (QED) is 0.805. The fourth-order valence-corrected chi connectivity index (χ4v) is 4.99. The van der Waals surface area contributed by atoms with Crippen LogP contribution in [0.2, 0.25) is 0 Å². The molecule has 1 aromatic rings. The van der Waals surface area contributed by atoms with E-state index in [-0.39, 0.29) is 24.1 Å². The highest BCUT2D eigenvalue weighted by molar-refractivity contribution is 7.93. The molecule has 0 radical (unpaired) electrons. The number of hydrogen-bond donors (Lipinski definition) is 2. The topological polar surface area (TPSA) is 78.5 Å². The summed E-state index contributed by atoms with van der Waals surface area (Å²) in [6, 6.07) is 5.25. The highest BCUT2D eigenvalue weighted by atomic mass is 35.5. The van der Waals surface area contributed by atoms with E-state index in [4.69, 9.17) is 0 Å². The molecule has 2 N–H and O–H groups in total. The molecular formula is C17H26ClN3O3S. The number of nitrogens with zero attached hydrogens (tertiary/aromatic N) is 1. The van der Waals surface area contributed by atoms with Gasteiger partial charge in [-0.1, -0.05) is 0 Å². The highest BCUT2D eigenvalue weighted by Gasteiger charge is 2.28. The monoisotopic (exact) mass is 387 g/mol. The number of rotatable bonds is 5. The molecule has 25 heavy (non-hydrogen) atoms. The van der Waals surface area contributed by atoms with Gasteiger partial charge in [-0.05, 0) is 69.0 Å². The van der Waals surface area contributed by atoms with Crippen molar-refractivity contribution in [3.8, 4) is 0 Å². The van der Waals surface area contributed by atoms with Crippen LogP contribution in [0, 0.1) is 12.8 Å². The zero-order valence-corrected chi connectivity index (χ0v) is 16.1. The van der Waals surface area contributed by atoms with Gasteiger partial charge in [0.2, 0.25) is 10.0 Å². The Morgan fingerprint density at radius 2 is 2.20 bits per heavy atom. The van der Waals surface area contributed by atoms with E-state index >= 15 is 0 Å². The molecule has 8 heteroatoms. The lowest BCUT2D eigenvalue weighted by Gasteiger charge is -2.18. The number of nitrogens with one attached hydrogen (secondary N) is 2. The van der Waals surface area contributed by atoms with Gasteiger partial charge in [-0.25, -0.2) is 8.42 Å². The summed E-state index contributed by atoms with van der Waals surface area (Å²) >= 11 is 0. The average molecular weight is 388 g/mol. The molecule has 140 valence electrons. The summed E-state index contributed by atoms with van der Waals surface area (Å²) in [7, 11) is -3.19. The van der Waals surface area contributed by atoms with Gasteiger partial charge < -0.3 is 10.6 Å². The molecule has 2 fully saturated rings. The number of anilines is 1. The Balaban J connectivity index is 0.00000225. The van der Waals surface area contributed by atoms with Gasteiger partial charge in [-0.2, -0.15) is 0 Å². The van der Waals surface area contributed by atoms with E-state index in [9.17, 15) is 13.2 Å². The maximum atomic E-state index is 12.3. The van der Waals surface area contributed by atoms with Crippen molar-refractivity contribution >= 4 is 34.0 Å². The van der Waals surface area contributed by atoms with Gasteiger partial charge in [-0.3, -0.25) is 9.10 Å². The van der Waals surface area contributed by atoms with Crippen molar-refractivity contribution in [3.05, 3.63) is 29.3 Å². The number of benzene rings is 1. The Labute approximate surface area is 155 Å². The molecule has 2 aliphatic heterocycles. The third-order valence-corrected chi connectivity index (χ3v) is 6.71. The summed E-state index contributed by atoms with van der Waals surface area (Å²) in [5.41, 5.74) is 2.06. The SMILES string of the molecule is Cc1cc(N2CCCS2(=O)=O)ccc1C(=O)NCCC1CCNC1.Cl. The van der Waals surface area contributed by atoms with Gasteiger partial charge in [0.25, 0.3) is 5.91 Å². The van der Waals surface area contributed by atoms with Gasteiger partial charge in [0, 0.05) is 18.7 Å². The summed E-state index contributed by atoms with van der Waals surface area (Å²) in [5.74, 6) is 0.757. The number of carbonyl (C=O) groups is 1. The Morgan fingerprint density at radius 3 is 2.80 bits per heavy atom. The van der Waals surface area contributed by atoms with Gasteiger partial charge in [-0.15, -0.1) is 12.4 Å². The van der Waals surface area contributed by atoms with E-state index < -0.39 is 10.0 Å². The van der Waals surface area contributed by atoms with Gasteiger partial charge in [0.1, 0.15) is 0 Å². The first-order valence-electron chi connectivity index (χ1n) is 8.57. The van der Waals surface area contributed by atoms with Crippen molar-refractivity contribution in [2.75, 3.05) is 36.2 Å². The van der Waals surface area contributed by atoms with E-state index in [1.807, 2.05) is 6.92 Å². The lowest BCUT2D eigenvalue weighted by Crippen LogP contribution is -2.28. The lowest BCUT2D eigenvalue weighted by molar-refractivity contribution is 0.0951. The Bertz CT molecular complexity index is 718. The van der Waals surface area contributed by atoms with Crippen molar-refractivity contribution < 1.29 is 13.2 Å². The lowest BCUT2D eigenvalue weighted by atomic mass is 10.0. The van der Waals surface area contributed by atoms with Crippen molar-refractivity contribution in [2.24, 2.45) is 5.92 Å². The van der Waals surface area contributed by atoms with Crippen LogP contribution in [0.1, 0.15) is 35.2 Å². The predicted octanol–water partition coefficient (Wildman–Crippen LogP) is 1.69. The molecule has 0 spiro atoms. The summed E-state index contributed by atoms with van der Waals surface area (Å²) < 4.78 is 25.4. The third-order valence-electron chi connectivity index (χ3n) is 4.84. The molecular weight excluding hydrogens is 362 g/mol. The second-order valence-corrected chi connectivity index (χ2v) is 8.66. The number of sulfonamides is 1. The molecule has 0 saturated carbocycles. The minimum Gasteiger partial charge on any atom is -0.352 e. The van der Waals surface area contributed by atoms with Crippen molar-refractivity contribution in [1.82, 2.24) is 10.6 Å². The molecule has 0 aromatic heterocycles. The smallest absolute Gasteiger partial charge is 0.251 e. The predicted molar refractivity (Wildman–Crippen MR) is 102 cm³/mol. The van der Waals surface area contributed by atoms with Crippen molar-refractivity contribution in [2.45, 2.75) is 26.2 Å². The molecule has 1 unspecified atom stereocenters. The fraction of sp³-hybridized carbons (Fsp3) is 0.588. The van der Waals surface area contributed by atoms with Crippen LogP contribution >= 0.6 is 12.4 Å². The van der Waals surface area contributed by atoms with Crippen molar-refractivity contribution in [1.29, 1.82) is 0 Å². The van der Waals surface area contributed by atoms with Crippen LogP contribution in [0.25, 0.3) is 0 Å². The molecule has 3 rings (SSSR count). The largest absolute Gasteiger partial charge is 0.352 e. The second kappa shape index (κ2) is 8.38. The molecule has 2 heterocycles. The summed E-state index contributed by atoms with van der Waals surface area (Å²) in [4.78, 5) is 12.3. The first-order valence-corrected chi connectivity index (χ1v) is 10.2. The summed E-state index contributed by atoms with van der Waals surface area (Å²) in [5, 5.41) is 6.30. The van der Waals surface area contributed by atoms with Gasteiger partial charge in [0.05, 0.1) is 11.4 Å². The van der Waals surface area contributed by atoms with Crippen LogP contribution in [0.4, 0.5) is 5.69 Å². The first-order chi connectivity index (χ1) is 11.5. The van der Waals surface area contributed by atoms with Crippen LogP contribution in [0.5, 0.6) is 0 Å². The van der Waals surface area contributed by atoms with Crippen molar-refractivity contribution in [3.63, 3.8) is 0 Å². The van der Waals surface area contributed by atoms with Crippen LogP contribution < -0.4 is 14.9 Å². The Hall–Kier alpha value is -1.31. The Morgan fingerprint density at radius 1 is 1.40 bits per heavy atom. The number of halogens is 1. The number of carbonyl (C=O) groups excluding carboxylic acids is 1. The maximum absolute atomic E-state index is 12.3. The van der Waals surface area contributed by atoms with Crippen LogP contribution in [0.3, 0.4) is 0 Å². The normalized spacial score (nSPS) is 21.8. The van der Waals surface area contributed by atoms with Crippen LogP contribution in [0.15, 0.2) is 18.2 Å². The van der Waals surface area contributed by atoms with E-state index in [2.05, 4.69) is 10.6 Å². The molecule has 1 atom stereocenters. The molecule has 0 aliphatic carbocycles. The van der Waals surface area contributed by atoms with E-state index in [1.165, 1.54) is 10.7 Å². The standard InChI is InChI=1S/C17H25N3O3S.ClH/c1-13-11-15(20-9-2-10-24(20,22)23)3-4-16(13)17(21)19-8-6-14-5-7-18-12-14;/h3-4,11,14,18H,2,5-10,12H2,1H3,(H,19,21);1H. The first kappa shape index (κ1) is 20.0. The average Bonchev–Trinajstić information content (AvgIpc) is 3.16. The number of hydrogen-bond acceptors (Lipinski definition) is 4. The zero-order valence-electron chi connectivity index (χ0n) is 14.5. The second-order valence-electron chi connectivity index (χ2n) is 6.64. The summed E-state index contributed by atoms with van der Waals surface area (Å²) in [6.07, 6.45) is 2.81. The number of amides is 1. The van der Waals surface area contributed by atoms with Gasteiger partial charge >= 0.3 is 0 Å². The number of aryl methyl sites for hydroxylation is 1. The van der Waals surface area contributed by atoms with E-state index in [0.717, 1.165) is 25.1 Å². The molecule has 0 bridgehead atoms. The minimum absolute atomic E-state index is 0. The maximum Gasteiger partial charge on any atom is 0.251 e. The molecule has 1 aromatic carbocycles. The minimum atomic E-state index is -3.19. The Kier molecular flexibility index (Phi) is 6.71. The molecule has 2 aliphatic rings. The molecule has 2 saturated heterocycles. The van der Waals surface area contributed by atoms with Gasteiger partial charge in [0.15, 0.2) is 0 Å². The zero-order chi connectivity index (χ0) is 17.2. The van der Waals surface area contributed by atoms with Crippen LogP contribution in [-0.2, 0) is 10.0 Å². The highest BCUT2D eigenvalue weighted by Crippen LogP contribution is 2.26. The summed E-state index contributed by atoms with van der Waals surface area (Å²) in [6.45, 7) is 5.14. The molecule has 6 nitrogen and oxygen atoms in total. The van der Waals surface area contributed by atoms with E-state index in [1.54, 1.807) is 18.2 Å². The molecule has 1 amide bonds. The fourth-order valence-electron chi connectivity index (χ4n) is 3.43. The third kappa shape index (κ3) is 4.65.